The third-order valence-electron chi connectivity index (χ3n) is 2.62. The first-order valence-corrected chi connectivity index (χ1v) is 7.91. The van der Waals surface area contributed by atoms with E-state index in [0.29, 0.717) is 13.0 Å². The molecule has 3 nitrogen and oxygen atoms in total. The Labute approximate surface area is 127 Å². The van der Waals surface area contributed by atoms with Gasteiger partial charge in [0.05, 0.1) is 6.61 Å². The predicted octanol–water partition coefficient (Wildman–Crippen LogP) is 3.60. The zero-order valence-corrected chi connectivity index (χ0v) is 13.9. The highest BCUT2D eigenvalue weighted by Crippen LogP contribution is 2.33. The molecule has 19 heavy (non-hydrogen) atoms. The molecule has 0 aliphatic rings. The summed E-state index contributed by atoms with van der Waals surface area (Å²) in [5.41, 5.74) is 5.10. The lowest BCUT2D eigenvalue weighted by atomic mass is 9.98. The maximum Gasteiger partial charge on any atom is 0.325 e. The van der Waals surface area contributed by atoms with Crippen LogP contribution in [0.1, 0.15) is 27.2 Å². The van der Waals surface area contributed by atoms with E-state index in [1.165, 1.54) is 0 Å². The summed E-state index contributed by atoms with van der Waals surface area (Å²) in [6.07, 6.45) is 0.567. The Morgan fingerprint density at radius 3 is 2.74 bits per heavy atom. The number of halogens is 1. The Hall–Kier alpha value is -0.520. The fourth-order valence-corrected chi connectivity index (χ4v) is 3.54. The molecule has 2 unspecified atom stereocenters. The smallest absolute Gasteiger partial charge is 0.325 e. The summed E-state index contributed by atoms with van der Waals surface area (Å²) in [4.78, 5) is 12.9. The summed E-state index contributed by atoms with van der Waals surface area (Å²) in [5, 5.41) is 0.220. The van der Waals surface area contributed by atoms with Crippen molar-refractivity contribution in [3.05, 3.63) is 28.7 Å². The van der Waals surface area contributed by atoms with E-state index in [1.54, 1.807) is 25.6 Å². The van der Waals surface area contributed by atoms with Gasteiger partial charge in [-0.25, -0.2) is 0 Å². The number of nitrogens with two attached hydrogens (primary N) is 1. The molecule has 0 bridgehead atoms. The third-order valence-corrected chi connectivity index (χ3v) is 4.75. The number of hydrogen-bond donors (Lipinski definition) is 1. The van der Waals surface area contributed by atoms with Gasteiger partial charge in [0.25, 0.3) is 0 Å². The summed E-state index contributed by atoms with van der Waals surface area (Å²) in [6.45, 7) is 5.93. The summed E-state index contributed by atoms with van der Waals surface area (Å²) < 4.78 is 6.06. The first-order valence-electron chi connectivity index (χ1n) is 6.24. The van der Waals surface area contributed by atoms with E-state index in [2.05, 4.69) is 22.9 Å². The van der Waals surface area contributed by atoms with Gasteiger partial charge in [0.2, 0.25) is 0 Å². The van der Waals surface area contributed by atoms with Crippen LogP contribution in [0.2, 0.25) is 0 Å². The minimum absolute atomic E-state index is 0.220. The highest BCUT2D eigenvalue weighted by atomic mass is 79.9. The Balaban J connectivity index is 2.62. The molecule has 0 amide bonds. The van der Waals surface area contributed by atoms with Gasteiger partial charge in [0.1, 0.15) is 5.54 Å². The molecule has 0 heterocycles. The van der Waals surface area contributed by atoms with Gasteiger partial charge in [-0.2, -0.15) is 0 Å². The SMILES string of the molecule is CCOC(=O)C(C)(N)CC(C)Sc1ccccc1Br. The van der Waals surface area contributed by atoms with Crippen molar-refractivity contribution >= 4 is 33.7 Å². The van der Waals surface area contributed by atoms with Gasteiger partial charge in [0, 0.05) is 14.6 Å². The maximum absolute atomic E-state index is 11.8. The molecule has 0 spiro atoms. The predicted molar refractivity (Wildman–Crippen MR) is 83.3 cm³/mol. The van der Waals surface area contributed by atoms with Crippen LogP contribution in [-0.2, 0) is 9.53 Å². The van der Waals surface area contributed by atoms with Crippen LogP contribution in [0.15, 0.2) is 33.6 Å². The van der Waals surface area contributed by atoms with Crippen molar-refractivity contribution in [2.45, 2.75) is 42.9 Å². The molecule has 2 atom stereocenters. The zero-order valence-electron chi connectivity index (χ0n) is 11.5. The number of carbonyl (C=O) groups excluding carboxylic acids is 1. The van der Waals surface area contributed by atoms with Gasteiger partial charge < -0.3 is 10.5 Å². The van der Waals surface area contributed by atoms with Gasteiger partial charge in [-0.1, -0.05) is 19.1 Å². The van der Waals surface area contributed by atoms with Gasteiger partial charge in [-0.15, -0.1) is 11.8 Å². The molecule has 1 aromatic rings. The Kier molecular flexibility index (Phi) is 6.36. The van der Waals surface area contributed by atoms with Crippen LogP contribution < -0.4 is 5.73 Å². The fraction of sp³-hybridized carbons (Fsp3) is 0.500. The van der Waals surface area contributed by atoms with Crippen molar-refractivity contribution < 1.29 is 9.53 Å². The highest BCUT2D eigenvalue weighted by molar-refractivity contribution is 9.10. The van der Waals surface area contributed by atoms with Crippen molar-refractivity contribution in [3.8, 4) is 0 Å². The summed E-state index contributed by atoms with van der Waals surface area (Å²) in [6, 6.07) is 8.02. The van der Waals surface area contributed by atoms with Crippen molar-refractivity contribution in [2.75, 3.05) is 6.61 Å². The first-order chi connectivity index (χ1) is 8.86. The number of ether oxygens (including phenoxy) is 1. The largest absolute Gasteiger partial charge is 0.465 e. The van der Waals surface area contributed by atoms with Crippen LogP contribution in [0.5, 0.6) is 0 Å². The average Bonchev–Trinajstić information content (AvgIpc) is 2.31. The lowest BCUT2D eigenvalue weighted by Crippen LogP contribution is -2.47. The Morgan fingerprint density at radius 2 is 2.16 bits per heavy atom. The second kappa shape index (κ2) is 7.31. The number of esters is 1. The highest BCUT2D eigenvalue weighted by Gasteiger charge is 2.32. The standard InChI is InChI=1S/C14H20BrNO2S/c1-4-18-13(17)14(3,16)9-10(2)19-12-8-6-5-7-11(12)15/h5-8,10H,4,9,16H2,1-3H3. The van der Waals surface area contributed by atoms with Crippen LogP contribution in [0.25, 0.3) is 0 Å². The van der Waals surface area contributed by atoms with Crippen molar-refractivity contribution in [1.29, 1.82) is 0 Å². The maximum atomic E-state index is 11.8. The minimum atomic E-state index is -0.941. The molecule has 1 rings (SSSR count). The molecule has 5 heteroatoms. The van der Waals surface area contributed by atoms with E-state index in [1.807, 2.05) is 24.3 Å². The molecule has 0 aliphatic carbocycles. The van der Waals surface area contributed by atoms with Crippen LogP contribution in [-0.4, -0.2) is 23.4 Å². The van der Waals surface area contributed by atoms with Gasteiger partial charge in [-0.3, -0.25) is 4.79 Å². The molecule has 0 radical (unpaired) electrons. The molecular formula is C14H20BrNO2S. The molecule has 106 valence electrons. The van der Waals surface area contributed by atoms with Gasteiger partial charge in [0.15, 0.2) is 0 Å². The first kappa shape index (κ1) is 16.5. The van der Waals surface area contributed by atoms with Crippen LogP contribution >= 0.6 is 27.7 Å². The minimum Gasteiger partial charge on any atom is -0.465 e. The van der Waals surface area contributed by atoms with Crippen LogP contribution in [0.4, 0.5) is 0 Å². The lowest BCUT2D eigenvalue weighted by Gasteiger charge is -2.25. The zero-order chi connectivity index (χ0) is 14.5. The lowest BCUT2D eigenvalue weighted by molar-refractivity contribution is -0.149. The number of benzene rings is 1. The Morgan fingerprint density at radius 1 is 1.53 bits per heavy atom. The second-order valence-electron chi connectivity index (χ2n) is 4.70. The monoisotopic (exact) mass is 345 g/mol. The second-order valence-corrected chi connectivity index (χ2v) is 7.04. The van der Waals surface area contributed by atoms with E-state index in [9.17, 15) is 4.79 Å². The van der Waals surface area contributed by atoms with E-state index in [0.717, 1.165) is 9.37 Å². The molecule has 0 aliphatic heterocycles. The summed E-state index contributed by atoms with van der Waals surface area (Å²) in [5.74, 6) is -0.338. The van der Waals surface area contributed by atoms with E-state index < -0.39 is 5.54 Å². The average molecular weight is 346 g/mol. The van der Waals surface area contributed by atoms with Crippen LogP contribution in [0.3, 0.4) is 0 Å². The Bertz CT molecular complexity index is 437. The van der Waals surface area contributed by atoms with Crippen molar-refractivity contribution in [1.82, 2.24) is 0 Å². The number of thioether (sulfide) groups is 1. The summed E-state index contributed by atoms with van der Waals surface area (Å²) >= 11 is 5.21. The van der Waals surface area contributed by atoms with E-state index in [-0.39, 0.29) is 11.2 Å². The molecule has 1 aromatic carbocycles. The van der Waals surface area contributed by atoms with Crippen molar-refractivity contribution in [3.63, 3.8) is 0 Å². The number of rotatable bonds is 6. The molecule has 0 aromatic heterocycles. The van der Waals surface area contributed by atoms with E-state index in [4.69, 9.17) is 10.5 Å². The molecular weight excluding hydrogens is 326 g/mol. The molecule has 0 fully saturated rings. The number of hydrogen-bond acceptors (Lipinski definition) is 4. The van der Waals surface area contributed by atoms with Gasteiger partial charge in [-0.05, 0) is 48.3 Å². The number of carbonyl (C=O) groups is 1. The normalized spacial score (nSPS) is 15.6. The van der Waals surface area contributed by atoms with Crippen molar-refractivity contribution in [2.24, 2.45) is 5.73 Å². The van der Waals surface area contributed by atoms with Crippen LogP contribution in [0, 0.1) is 0 Å². The summed E-state index contributed by atoms with van der Waals surface area (Å²) in [7, 11) is 0. The quantitative estimate of drug-likeness (QED) is 0.632. The third kappa shape index (κ3) is 5.16. The molecule has 0 saturated carbocycles. The molecule has 2 N–H and O–H groups in total. The topological polar surface area (TPSA) is 52.3 Å². The van der Waals surface area contributed by atoms with Gasteiger partial charge >= 0.3 is 5.97 Å². The van der Waals surface area contributed by atoms with E-state index >= 15 is 0 Å². The fourth-order valence-electron chi connectivity index (χ4n) is 1.78. The molecule has 0 saturated heterocycles.